The molecule has 1 amide bonds. The van der Waals surface area contributed by atoms with E-state index < -0.39 is 4.92 Å². The number of hydrogen-bond acceptors (Lipinski definition) is 5. The van der Waals surface area contributed by atoms with Crippen molar-refractivity contribution in [2.45, 2.75) is 25.0 Å². The summed E-state index contributed by atoms with van der Waals surface area (Å²) in [4.78, 5) is 25.6. The van der Waals surface area contributed by atoms with Crippen molar-refractivity contribution in [1.82, 2.24) is 4.90 Å². The lowest BCUT2D eigenvalue weighted by Crippen LogP contribution is -2.42. The number of hydrogen-bond donors (Lipinski definition) is 1. The van der Waals surface area contributed by atoms with Crippen LogP contribution in [0.4, 0.5) is 11.4 Å². The van der Waals surface area contributed by atoms with E-state index in [0.717, 1.165) is 18.4 Å². The quantitative estimate of drug-likeness (QED) is 0.647. The van der Waals surface area contributed by atoms with Gasteiger partial charge < -0.3 is 15.0 Å². The summed E-state index contributed by atoms with van der Waals surface area (Å²) < 4.78 is 5.80. The summed E-state index contributed by atoms with van der Waals surface area (Å²) in [5, 5.41) is 14.6. The molecule has 2 fully saturated rings. The van der Waals surface area contributed by atoms with Crippen LogP contribution in [0.2, 0.25) is 0 Å². The smallest absolute Gasteiger partial charge is 0.293 e. The molecule has 7 nitrogen and oxygen atoms in total. The minimum atomic E-state index is -0.437. The van der Waals surface area contributed by atoms with Gasteiger partial charge in [0.05, 0.1) is 18.1 Å². The molecule has 140 valence electrons. The number of nitro groups is 1. The van der Waals surface area contributed by atoms with E-state index in [2.05, 4.69) is 5.32 Å². The van der Waals surface area contributed by atoms with E-state index in [4.69, 9.17) is 4.74 Å². The molecular formula is C20H21N3O4. The average molecular weight is 367 g/mol. The van der Waals surface area contributed by atoms with Crippen molar-refractivity contribution >= 4 is 17.3 Å². The van der Waals surface area contributed by atoms with Gasteiger partial charge in [0, 0.05) is 24.2 Å². The Bertz CT molecular complexity index is 852. The number of ether oxygens (including phenoxy) is 1. The van der Waals surface area contributed by atoms with Gasteiger partial charge in [-0.15, -0.1) is 0 Å². The molecule has 0 bridgehead atoms. The fourth-order valence-corrected chi connectivity index (χ4v) is 3.27. The van der Waals surface area contributed by atoms with Crippen LogP contribution in [0.5, 0.6) is 0 Å². The summed E-state index contributed by atoms with van der Waals surface area (Å²) >= 11 is 0. The Labute approximate surface area is 157 Å². The zero-order valence-electron chi connectivity index (χ0n) is 14.8. The maximum absolute atomic E-state index is 12.9. The second-order valence-corrected chi connectivity index (χ2v) is 6.93. The van der Waals surface area contributed by atoms with Gasteiger partial charge in [0.2, 0.25) is 0 Å². The number of carbonyl (C=O) groups is 1. The van der Waals surface area contributed by atoms with Crippen molar-refractivity contribution in [3.63, 3.8) is 0 Å². The number of anilines is 1. The minimum absolute atomic E-state index is 0.0550. The van der Waals surface area contributed by atoms with Crippen LogP contribution in [-0.4, -0.2) is 41.5 Å². The number of amides is 1. The maximum atomic E-state index is 12.9. The molecule has 0 radical (unpaired) electrons. The SMILES string of the molecule is O=C(c1ccc(NC2CC2)c([N+](=O)[O-])c1)N1CCOC(c2ccccc2)C1. The lowest BCUT2D eigenvalue weighted by atomic mass is 10.1. The van der Waals surface area contributed by atoms with Crippen LogP contribution in [0.25, 0.3) is 0 Å². The zero-order valence-corrected chi connectivity index (χ0v) is 14.8. The van der Waals surface area contributed by atoms with Gasteiger partial charge in [-0.1, -0.05) is 30.3 Å². The van der Waals surface area contributed by atoms with Crippen molar-refractivity contribution < 1.29 is 14.5 Å². The van der Waals surface area contributed by atoms with Crippen molar-refractivity contribution in [3.8, 4) is 0 Å². The Morgan fingerprint density at radius 2 is 1.96 bits per heavy atom. The summed E-state index contributed by atoms with van der Waals surface area (Å²) in [6.45, 7) is 1.34. The number of carbonyl (C=O) groups excluding carboxylic acids is 1. The number of rotatable bonds is 5. The highest BCUT2D eigenvalue weighted by Gasteiger charge is 2.29. The molecule has 2 aromatic rings. The summed E-state index contributed by atoms with van der Waals surface area (Å²) in [6.07, 6.45) is 1.86. The van der Waals surface area contributed by atoms with E-state index in [1.54, 1.807) is 17.0 Å². The molecule has 7 heteroatoms. The first-order chi connectivity index (χ1) is 13.1. The largest absolute Gasteiger partial charge is 0.377 e. The summed E-state index contributed by atoms with van der Waals surface area (Å²) in [5.74, 6) is -0.208. The Morgan fingerprint density at radius 3 is 2.67 bits per heavy atom. The van der Waals surface area contributed by atoms with E-state index in [1.807, 2.05) is 30.3 Å². The van der Waals surface area contributed by atoms with Crippen LogP contribution in [0.3, 0.4) is 0 Å². The third kappa shape index (κ3) is 3.93. The van der Waals surface area contributed by atoms with Crippen molar-refractivity contribution in [2.24, 2.45) is 0 Å². The lowest BCUT2D eigenvalue weighted by molar-refractivity contribution is -0.384. The number of benzene rings is 2. The zero-order chi connectivity index (χ0) is 18.8. The highest BCUT2D eigenvalue weighted by atomic mass is 16.6. The van der Waals surface area contributed by atoms with Gasteiger partial charge in [-0.25, -0.2) is 0 Å². The van der Waals surface area contributed by atoms with Gasteiger partial charge in [-0.2, -0.15) is 0 Å². The molecule has 2 aliphatic rings. The van der Waals surface area contributed by atoms with Gasteiger partial charge in [-0.3, -0.25) is 14.9 Å². The maximum Gasteiger partial charge on any atom is 0.293 e. The highest BCUT2D eigenvalue weighted by Crippen LogP contribution is 2.32. The first-order valence-electron chi connectivity index (χ1n) is 9.12. The van der Waals surface area contributed by atoms with Gasteiger partial charge in [0.25, 0.3) is 11.6 Å². The van der Waals surface area contributed by atoms with Crippen LogP contribution in [0.15, 0.2) is 48.5 Å². The second-order valence-electron chi connectivity index (χ2n) is 6.93. The predicted octanol–water partition coefficient (Wildman–Crippen LogP) is 3.38. The minimum Gasteiger partial charge on any atom is -0.377 e. The number of morpholine rings is 1. The number of nitrogens with zero attached hydrogens (tertiary/aromatic N) is 2. The molecule has 0 aromatic heterocycles. The molecule has 2 aromatic carbocycles. The molecule has 0 spiro atoms. The molecule has 1 aliphatic carbocycles. The monoisotopic (exact) mass is 367 g/mol. The molecular weight excluding hydrogens is 346 g/mol. The standard InChI is InChI=1S/C20H21N3O4/c24-20(22-10-11-27-19(13-22)14-4-2-1-3-5-14)15-6-9-17(21-16-7-8-16)18(12-15)23(25)26/h1-6,9,12,16,19,21H,7-8,10-11,13H2. The third-order valence-corrected chi connectivity index (χ3v) is 4.90. The number of nitrogens with one attached hydrogen (secondary N) is 1. The molecule has 1 saturated heterocycles. The molecule has 1 saturated carbocycles. The van der Waals surface area contributed by atoms with Gasteiger partial charge in [-0.05, 0) is 30.5 Å². The summed E-state index contributed by atoms with van der Waals surface area (Å²) in [7, 11) is 0. The van der Waals surface area contributed by atoms with Crippen LogP contribution in [-0.2, 0) is 4.74 Å². The first kappa shape index (κ1) is 17.5. The fraction of sp³-hybridized carbons (Fsp3) is 0.350. The van der Waals surface area contributed by atoms with Crippen molar-refractivity contribution in [3.05, 3.63) is 69.8 Å². The lowest BCUT2D eigenvalue weighted by Gasteiger charge is -2.33. The van der Waals surface area contributed by atoms with E-state index in [0.29, 0.717) is 37.0 Å². The molecule has 1 atom stereocenters. The Hall–Kier alpha value is -2.93. The van der Waals surface area contributed by atoms with Crippen molar-refractivity contribution in [2.75, 3.05) is 25.0 Å². The fourth-order valence-electron chi connectivity index (χ4n) is 3.27. The second kappa shape index (κ2) is 7.36. The topological polar surface area (TPSA) is 84.7 Å². The molecule has 1 heterocycles. The molecule has 1 unspecified atom stereocenters. The predicted molar refractivity (Wildman–Crippen MR) is 101 cm³/mol. The summed E-state index contributed by atoms with van der Waals surface area (Å²) in [6, 6.07) is 14.7. The number of nitro benzene ring substituents is 1. The van der Waals surface area contributed by atoms with Crippen molar-refractivity contribution in [1.29, 1.82) is 0 Å². The molecule has 1 N–H and O–H groups in total. The molecule has 27 heavy (non-hydrogen) atoms. The van der Waals surface area contributed by atoms with Gasteiger partial charge in [0.15, 0.2) is 0 Å². The van der Waals surface area contributed by atoms with Crippen LogP contribution < -0.4 is 5.32 Å². The average Bonchev–Trinajstić information content (AvgIpc) is 3.52. The molecule has 1 aliphatic heterocycles. The van der Waals surface area contributed by atoms with Crippen LogP contribution in [0.1, 0.15) is 34.9 Å². The van der Waals surface area contributed by atoms with E-state index >= 15 is 0 Å². The Morgan fingerprint density at radius 1 is 1.19 bits per heavy atom. The summed E-state index contributed by atoms with van der Waals surface area (Å²) in [5.41, 5.74) is 1.77. The van der Waals surface area contributed by atoms with E-state index in [9.17, 15) is 14.9 Å². The Balaban J connectivity index is 1.53. The van der Waals surface area contributed by atoms with E-state index in [1.165, 1.54) is 6.07 Å². The van der Waals surface area contributed by atoms with Gasteiger partial charge >= 0.3 is 0 Å². The van der Waals surface area contributed by atoms with Gasteiger partial charge in [0.1, 0.15) is 11.8 Å². The van der Waals surface area contributed by atoms with Crippen LogP contribution in [0, 0.1) is 10.1 Å². The van der Waals surface area contributed by atoms with Crippen LogP contribution >= 0.6 is 0 Å². The first-order valence-corrected chi connectivity index (χ1v) is 9.12. The molecule has 4 rings (SSSR count). The third-order valence-electron chi connectivity index (χ3n) is 4.90. The highest BCUT2D eigenvalue weighted by molar-refractivity contribution is 5.96. The Kier molecular flexibility index (Phi) is 4.77. The normalized spacial score (nSPS) is 19.6. The van der Waals surface area contributed by atoms with E-state index in [-0.39, 0.29) is 17.7 Å².